The quantitative estimate of drug-likeness (QED) is 0.265. The lowest BCUT2D eigenvalue weighted by molar-refractivity contribution is -0.656. The highest BCUT2D eigenvalue weighted by Gasteiger charge is 2.42. The van der Waals surface area contributed by atoms with Crippen LogP contribution in [-0.2, 0) is 0 Å². The smallest absolute Gasteiger partial charge is 0.271 e. The van der Waals surface area contributed by atoms with E-state index in [4.69, 9.17) is 0 Å². The van der Waals surface area contributed by atoms with E-state index < -0.39 is 6.30 Å². The van der Waals surface area contributed by atoms with Crippen molar-refractivity contribution < 1.29 is 17.7 Å². The van der Waals surface area contributed by atoms with Crippen LogP contribution in [0.5, 0.6) is 0 Å². The molecule has 0 bridgehead atoms. The summed E-state index contributed by atoms with van der Waals surface area (Å²) in [7, 11) is 1.47. The largest absolute Gasteiger partial charge is 0.568 e. The van der Waals surface area contributed by atoms with Gasteiger partial charge in [-0.15, -0.1) is 41.7 Å². The van der Waals surface area contributed by atoms with Gasteiger partial charge in [0.05, 0.1) is 7.05 Å². The van der Waals surface area contributed by atoms with Gasteiger partial charge in [-0.2, -0.15) is 0 Å². The fourth-order valence-electron chi connectivity index (χ4n) is 1.26. The molecule has 0 saturated heterocycles. The molecule has 0 aliphatic heterocycles. The summed E-state index contributed by atoms with van der Waals surface area (Å²) in [6.45, 7) is 0. The van der Waals surface area contributed by atoms with Gasteiger partial charge in [-0.3, -0.25) is 5.32 Å². The van der Waals surface area contributed by atoms with Gasteiger partial charge < -0.3 is 0 Å². The van der Waals surface area contributed by atoms with E-state index in [-0.39, 0.29) is 34.8 Å². The molecule has 1 N–H and O–H groups in total. The molecule has 7 heteroatoms. The fourth-order valence-corrected chi connectivity index (χ4v) is 1.86. The molecule has 0 aliphatic rings. The maximum absolute atomic E-state index is 12.9. The van der Waals surface area contributed by atoms with Gasteiger partial charge in [-0.05, 0) is 30.2 Å². The maximum Gasteiger partial charge on any atom is 0.568 e. The lowest BCUT2D eigenvalue weighted by Gasteiger charge is -2.12. The topological polar surface area (TPSA) is 15.0 Å². The predicted octanol–water partition coefficient (Wildman–Crippen LogP) is 3.41. The molecule has 1 rings (SSSR count). The minimum atomic E-state index is -4.44. The molecule has 0 unspecified atom stereocenters. The molecule has 2 nitrogen and oxygen atoms in total. The van der Waals surface area contributed by atoms with Gasteiger partial charge in [0.2, 0.25) is 0 Å². The lowest BCUT2D eigenvalue weighted by atomic mass is 10.3. The summed E-state index contributed by atoms with van der Waals surface area (Å²) in [5, 5.41) is 2.58. The SMILES string of the molecule is CNC(SC)=[N+](c1ccccc1)C(F)(F)F.I. The van der Waals surface area contributed by atoms with E-state index in [1.165, 1.54) is 19.2 Å². The van der Waals surface area contributed by atoms with Gasteiger partial charge in [-0.25, -0.2) is 0 Å². The Morgan fingerprint density at radius 2 is 1.76 bits per heavy atom. The van der Waals surface area contributed by atoms with E-state index in [1.807, 2.05) is 0 Å². The second-order valence-electron chi connectivity index (χ2n) is 2.90. The molecular weight excluding hydrogens is 364 g/mol. The zero-order chi connectivity index (χ0) is 12.2. The molecule has 0 spiro atoms. The van der Waals surface area contributed by atoms with Crippen molar-refractivity contribution in [2.24, 2.45) is 0 Å². The highest BCUT2D eigenvalue weighted by Crippen LogP contribution is 2.27. The Hall–Kier alpha value is -0.440. The summed E-state index contributed by atoms with van der Waals surface area (Å²) < 4.78 is 39.0. The summed E-state index contributed by atoms with van der Waals surface area (Å²) >= 11 is 1.01. The Kier molecular flexibility index (Phi) is 6.91. The molecule has 0 radical (unpaired) electrons. The van der Waals surface area contributed by atoms with Crippen molar-refractivity contribution in [3.63, 3.8) is 0 Å². The summed E-state index contributed by atoms with van der Waals surface area (Å²) in [5.74, 6) is 0. The number of nitrogens with zero attached hydrogens (tertiary/aromatic N) is 1. The van der Waals surface area contributed by atoms with Crippen LogP contribution >= 0.6 is 35.7 Å². The van der Waals surface area contributed by atoms with Gasteiger partial charge in [-0.1, -0.05) is 18.2 Å². The third kappa shape index (κ3) is 4.38. The monoisotopic (exact) mass is 377 g/mol. The van der Waals surface area contributed by atoms with E-state index in [2.05, 4.69) is 5.32 Å². The molecule has 0 amide bonds. The van der Waals surface area contributed by atoms with E-state index >= 15 is 0 Å². The number of hydrogen-bond acceptors (Lipinski definition) is 1. The van der Waals surface area contributed by atoms with Crippen LogP contribution in [0.2, 0.25) is 0 Å². The number of amidine groups is 1. The molecule has 0 aliphatic carbocycles. The van der Waals surface area contributed by atoms with E-state index in [0.29, 0.717) is 4.58 Å². The zero-order valence-corrected chi connectivity index (χ0v) is 12.4. The summed E-state index contributed by atoms with van der Waals surface area (Å²) in [5.41, 5.74) is 0.0914. The molecule has 96 valence electrons. The minimum absolute atomic E-state index is 0. The van der Waals surface area contributed by atoms with Gasteiger partial charge in [0, 0.05) is 0 Å². The second-order valence-corrected chi connectivity index (χ2v) is 3.69. The first-order chi connectivity index (χ1) is 7.50. The van der Waals surface area contributed by atoms with Crippen molar-refractivity contribution in [1.29, 1.82) is 0 Å². The standard InChI is InChI=1S/C10H11F3N2S.HI/c1-14-9(16-2)15(10(11,12)13)8-6-4-3-5-7-8;/h3-7H,1-2H3;1H/p+1. The molecule has 17 heavy (non-hydrogen) atoms. The first-order valence-electron chi connectivity index (χ1n) is 4.51. The third-order valence-corrected chi connectivity index (χ3v) is 2.65. The first kappa shape index (κ1) is 16.6. The van der Waals surface area contributed by atoms with Gasteiger partial charge in [0.1, 0.15) is 5.69 Å². The number of para-hydroxylation sites is 1. The summed E-state index contributed by atoms with van der Waals surface area (Å²) in [6.07, 6.45) is -2.85. The van der Waals surface area contributed by atoms with Crippen molar-refractivity contribution in [1.82, 2.24) is 5.32 Å². The number of benzene rings is 1. The van der Waals surface area contributed by atoms with Crippen LogP contribution in [0.15, 0.2) is 30.3 Å². The highest BCUT2D eigenvalue weighted by molar-refractivity contribution is 14.0. The Bertz CT molecular complexity index is 373. The maximum atomic E-state index is 12.9. The number of halogens is 4. The van der Waals surface area contributed by atoms with Gasteiger partial charge in [0.25, 0.3) is 0 Å². The van der Waals surface area contributed by atoms with Crippen molar-refractivity contribution >= 4 is 46.6 Å². The van der Waals surface area contributed by atoms with Crippen molar-refractivity contribution in [2.45, 2.75) is 6.30 Å². The Labute approximate surface area is 119 Å². The molecule has 0 saturated carbocycles. The average Bonchev–Trinajstić information content (AvgIpc) is 2.25. The number of rotatable bonds is 1. The van der Waals surface area contributed by atoms with E-state index in [1.54, 1.807) is 24.5 Å². The van der Waals surface area contributed by atoms with Crippen LogP contribution in [0.1, 0.15) is 0 Å². The number of thioether (sulfide) groups is 1. The van der Waals surface area contributed by atoms with Crippen molar-refractivity contribution in [2.75, 3.05) is 13.3 Å². The molecule has 0 fully saturated rings. The Morgan fingerprint density at radius 1 is 1.24 bits per heavy atom. The van der Waals surface area contributed by atoms with Crippen LogP contribution in [0.25, 0.3) is 0 Å². The fraction of sp³-hybridized carbons (Fsp3) is 0.300. The average molecular weight is 377 g/mol. The number of nitrogens with one attached hydrogen (secondary N) is 1. The van der Waals surface area contributed by atoms with Crippen molar-refractivity contribution in [3.05, 3.63) is 30.3 Å². The Morgan fingerprint density at radius 3 is 2.12 bits per heavy atom. The summed E-state index contributed by atoms with van der Waals surface area (Å²) in [6, 6.07) is 7.65. The molecular formula is C10H13F3IN2S+. The van der Waals surface area contributed by atoms with E-state index in [0.717, 1.165) is 11.8 Å². The number of alkyl halides is 3. The molecule has 0 atom stereocenters. The third-order valence-electron chi connectivity index (χ3n) is 1.88. The Balaban J connectivity index is 0.00000256. The highest BCUT2D eigenvalue weighted by atomic mass is 127. The molecule has 0 heterocycles. The number of hydrogen-bond donors (Lipinski definition) is 1. The molecule has 1 aromatic carbocycles. The molecule has 1 aromatic rings. The van der Waals surface area contributed by atoms with Crippen LogP contribution in [0.4, 0.5) is 18.9 Å². The lowest BCUT2D eigenvalue weighted by Crippen LogP contribution is -2.35. The van der Waals surface area contributed by atoms with Gasteiger partial charge >= 0.3 is 11.5 Å². The minimum Gasteiger partial charge on any atom is -0.271 e. The zero-order valence-electron chi connectivity index (χ0n) is 9.28. The van der Waals surface area contributed by atoms with Crippen molar-refractivity contribution in [3.8, 4) is 0 Å². The van der Waals surface area contributed by atoms with Crippen LogP contribution in [-0.4, -0.2) is 29.3 Å². The van der Waals surface area contributed by atoms with Crippen LogP contribution in [0.3, 0.4) is 0 Å². The van der Waals surface area contributed by atoms with E-state index in [9.17, 15) is 13.2 Å². The van der Waals surface area contributed by atoms with Gasteiger partial charge in [0.15, 0.2) is 0 Å². The summed E-state index contributed by atoms with van der Waals surface area (Å²) in [4.78, 5) is 0. The second kappa shape index (κ2) is 7.10. The van der Waals surface area contributed by atoms with Crippen LogP contribution in [0, 0.1) is 0 Å². The molecule has 0 aromatic heterocycles. The van der Waals surface area contributed by atoms with Crippen LogP contribution < -0.4 is 5.32 Å². The normalized spacial score (nSPS) is 12.5. The predicted molar refractivity (Wildman–Crippen MR) is 75.4 cm³/mol. The first-order valence-corrected chi connectivity index (χ1v) is 5.74.